The topological polar surface area (TPSA) is 48.8 Å². The summed E-state index contributed by atoms with van der Waals surface area (Å²) in [6.07, 6.45) is 9.04. The maximum Gasteiger partial charge on any atom is 0.268 e. The number of nitrogens with zero attached hydrogens (tertiary/aromatic N) is 5. The number of pyridine rings is 2. The molecule has 0 bridgehead atoms. The zero-order valence-corrected chi connectivity index (χ0v) is 32.9. The van der Waals surface area contributed by atoms with Crippen molar-refractivity contribution in [3.05, 3.63) is 158 Å². The average molecular weight is 877 g/mol. The van der Waals surface area contributed by atoms with E-state index in [0.29, 0.717) is 22.9 Å². The van der Waals surface area contributed by atoms with E-state index in [-0.39, 0.29) is 26.5 Å². The van der Waals surface area contributed by atoms with Gasteiger partial charge in [-0.2, -0.15) is 18.2 Å². The minimum Gasteiger partial charge on any atom is -0.522 e. The first-order valence-corrected chi connectivity index (χ1v) is 17.5. The minimum atomic E-state index is -1.51. The van der Waals surface area contributed by atoms with Crippen LogP contribution in [0.3, 0.4) is 0 Å². The van der Waals surface area contributed by atoms with Crippen LogP contribution in [0.15, 0.2) is 128 Å². The van der Waals surface area contributed by atoms with E-state index in [1.807, 2.05) is 80.3 Å². The fraction of sp³-hybridized carbons (Fsp3) is 0.196. The van der Waals surface area contributed by atoms with E-state index in [9.17, 15) is 0 Å². The van der Waals surface area contributed by atoms with Crippen molar-refractivity contribution >= 4 is 21.8 Å². The van der Waals surface area contributed by atoms with E-state index in [1.54, 1.807) is 16.8 Å². The van der Waals surface area contributed by atoms with Gasteiger partial charge in [0.05, 0.1) is 11.5 Å². The van der Waals surface area contributed by atoms with Gasteiger partial charge < -0.3 is 9.30 Å². The summed E-state index contributed by atoms with van der Waals surface area (Å²) < 4.78 is 29.6. The molecule has 8 aromatic rings. The van der Waals surface area contributed by atoms with Crippen molar-refractivity contribution in [2.45, 2.75) is 53.3 Å². The molecule has 0 saturated heterocycles. The number of fused-ring (bicyclic) bond motifs is 3. The molecule has 4 aromatic carbocycles. The molecule has 0 aliphatic carbocycles. The molecule has 0 radical (unpaired) electrons. The van der Waals surface area contributed by atoms with Crippen LogP contribution in [0.1, 0.15) is 55.4 Å². The fourth-order valence-electron chi connectivity index (χ4n) is 6.44. The van der Waals surface area contributed by atoms with E-state index in [0.717, 1.165) is 44.4 Å². The van der Waals surface area contributed by atoms with Crippen molar-refractivity contribution in [3.63, 3.8) is 0 Å². The third-order valence-corrected chi connectivity index (χ3v) is 8.93. The summed E-state index contributed by atoms with van der Waals surface area (Å²) in [4.78, 5) is 9.39. The minimum absolute atomic E-state index is 0. The van der Waals surface area contributed by atoms with E-state index in [1.165, 1.54) is 5.56 Å². The first-order valence-electron chi connectivity index (χ1n) is 18.5. The first-order chi connectivity index (χ1) is 25.8. The van der Waals surface area contributed by atoms with Crippen molar-refractivity contribution in [3.8, 4) is 39.9 Å². The van der Waals surface area contributed by atoms with Crippen LogP contribution in [-0.2, 0) is 32.9 Å². The van der Waals surface area contributed by atoms with Gasteiger partial charge in [0.15, 0.2) is 0 Å². The van der Waals surface area contributed by atoms with Crippen molar-refractivity contribution in [1.29, 1.82) is 0 Å². The molecule has 0 fully saturated rings. The Balaban J connectivity index is 0.00000465. The quantitative estimate of drug-likeness (QED) is 0.118. The predicted molar refractivity (Wildman–Crippen MR) is 208 cm³/mol. The van der Waals surface area contributed by atoms with Crippen LogP contribution >= 0.6 is 0 Å². The molecule has 53 heavy (non-hydrogen) atoms. The van der Waals surface area contributed by atoms with E-state index >= 15 is 0 Å². The van der Waals surface area contributed by atoms with Crippen LogP contribution in [-0.4, -0.2) is 19.1 Å². The molecule has 4 aromatic heterocycles. The molecule has 0 aliphatic rings. The molecule has 0 amide bonds. The molecule has 4 heterocycles. The van der Waals surface area contributed by atoms with Crippen molar-refractivity contribution in [1.82, 2.24) is 19.1 Å². The molecule has 0 atom stereocenters. The van der Waals surface area contributed by atoms with Gasteiger partial charge in [-0.15, -0.1) is 17.5 Å². The molecular weight excluding hydrogens is 834 g/mol. The van der Waals surface area contributed by atoms with Gasteiger partial charge in [0.25, 0.3) is 6.33 Å². The number of benzene rings is 4. The number of imidazole rings is 1. The third kappa shape index (κ3) is 7.61. The number of ether oxygens (including phenoxy) is 1. The molecule has 0 saturated carbocycles. The summed E-state index contributed by atoms with van der Waals surface area (Å²) in [7, 11) is 0. The maximum atomic E-state index is 8.74. The van der Waals surface area contributed by atoms with Gasteiger partial charge in [-0.25, -0.2) is 4.98 Å². The van der Waals surface area contributed by atoms with Gasteiger partial charge in [-0.05, 0) is 75.4 Å². The van der Waals surface area contributed by atoms with Gasteiger partial charge in [0.1, 0.15) is 5.82 Å². The summed E-state index contributed by atoms with van der Waals surface area (Å²) in [5, 5.41) is 2.15. The summed E-state index contributed by atoms with van der Waals surface area (Å²) in [6.45, 7) is 12.3. The number of rotatable bonds is 7. The Labute approximate surface area is 328 Å². The van der Waals surface area contributed by atoms with Crippen LogP contribution in [0.25, 0.3) is 50.3 Å². The van der Waals surface area contributed by atoms with Gasteiger partial charge in [-0.3, -0.25) is 14.1 Å². The van der Waals surface area contributed by atoms with Gasteiger partial charge in [-0.1, -0.05) is 113 Å². The van der Waals surface area contributed by atoms with Crippen LogP contribution < -0.4 is 9.30 Å². The summed E-state index contributed by atoms with van der Waals surface area (Å²) in [6, 6.07) is 41.4. The molecule has 6 nitrogen and oxygen atoms in total. The number of hydrogen-bond donors (Lipinski definition) is 0. The second kappa shape index (κ2) is 14.2. The molecule has 8 rings (SSSR count). The number of aromatic nitrogens is 5. The fourth-order valence-corrected chi connectivity index (χ4v) is 6.44. The van der Waals surface area contributed by atoms with E-state index in [4.69, 9.17) is 12.5 Å². The van der Waals surface area contributed by atoms with Crippen molar-refractivity contribution in [2.75, 3.05) is 0 Å². The second-order valence-electron chi connectivity index (χ2n) is 15.1. The summed E-state index contributed by atoms with van der Waals surface area (Å²) >= 11 is 0. The zero-order valence-electron chi connectivity index (χ0n) is 32.6. The van der Waals surface area contributed by atoms with E-state index < -0.39 is 11.8 Å². The average Bonchev–Trinajstić information content (AvgIpc) is 3.78. The SMILES string of the molecule is [2H]C([2H])(c1cccc(-[n+]2[c-]n(-c3[c-]c(Oc4[c-]c5c(cc4)c4cc(-c6ccccc6)ccc4n5-c4cc(C(C)(C)C)ccn4)ccn3)cc2)c1)C(C)(C)C.[Pt]. The smallest absolute Gasteiger partial charge is 0.268 e. The molecule has 0 spiro atoms. The molecule has 0 unspecified atom stereocenters. The summed E-state index contributed by atoms with van der Waals surface area (Å²) in [5.41, 5.74) is 6.17. The Morgan fingerprint density at radius 1 is 0.755 bits per heavy atom. The monoisotopic (exact) mass is 876 g/mol. The Morgan fingerprint density at radius 2 is 1.55 bits per heavy atom. The summed E-state index contributed by atoms with van der Waals surface area (Å²) in [5.74, 6) is 2.33. The van der Waals surface area contributed by atoms with Gasteiger partial charge in [0, 0.05) is 53.7 Å². The standard InChI is InChI=1S/C46H41N5O.Pt/c1-45(2,3)30-32-11-10-14-36(25-32)49-23-24-50(31-49)43-29-38(20-22-47-43)52-37-16-17-39-40-26-34(33-12-8-7-9-13-33)15-18-41(40)51(42(39)28-37)44-27-35(19-21-48-44)46(4,5)6;/h7-27H,30H2,1-6H3;/q-2;/i30D2;. The largest absolute Gasteiger partial charge is 0.522 e. The van der Waals surface area contributed by atoms with Crippen LogP contribution in [0, 0.1) is 23.9 Å². The number of hydrogen-bond acceptors (Lipinski definition) is 3. The van der Waals surface area contributed by atoms with E-state index in [2.05, 4.69) is 109 Å². The molecule has 268 valence electrons. The molecule has 0 aliphatic heterocycles. The molecule has 7 heteroatoms. The maximum absolute atomic E-state index is 8.74. The van der Waals surface area contributed by atoms with Crippen LogP contribution in [0.5, 0.6) is 11.5 Å². The van der Waals surface area contributed by atoms with Crippen LogP contribution in [0.4, 0.5) is 0 Å². The van der Waals surface area contributed by atoms with Crippen molar-refractivity contribution in [2.24, 2.45) is 5.41 Å². The normalized spacial score (nSPS) is 12.7. The van der Waals surface area contributed by atoms with Crippen molar-refractivity contribution < 1.29 is 33.1 Å². The molecule has 0 N–H and O–H groups in total. The Bertz CT molecular complexity index is 2650. The Morgan fingerprint density at radius 3 is 2.34 bits per heavy atom. The first kappa shape index (κ1) is 33.5. The Hall–Kier alpha value is -5.32. The van der Waals surface area contributed by atoms with Gasteiger partial charge >= 0.3 is 0 Å². The molecular formula is C46H41N5OPt-2. The predicted octanol–water partition coefficient (Wildman–Crippen LogP) is 10.4. The zero-order chi connectivity index (χ0) is 37.8. The third-order valence-electron chi connectivity index (χ3n) is 8.93. The van der Waals surface area contributed by atoms with Crippen LogP contribution in [0.2, 0.25) is 0 Å². The van der Waals surface area contributed by atoms with Gasteiger partial charge in [0.2, 0.25) is 0 Å². The Kier molecular flexibility index (Phi) is 9.01. The second-order valence-corrected chi connectivity index (χ2v) is 15.1.